The molecule has 0 aliphatic rings. The van der Waals surface area contributed by atoms with Crippen molar-refractivity contribution < 1.29 is 13.5 Å². The highest BCUT2D eigenvalue weighted by Gasteiger charge is 2.23. The van der Waals surface area contributed by atoms with Gasteiger partial charge in [-0.1, -0.05) is 7.43 Å². The van der Waals surface area contributed by atoms with Gasteiger partial charge >= 0.3 is 0 Å². The second-order valence-corrected chi connectivity index (χ2v) is 7.25. The van der Waals surface area contributed by atoms with Gasteiger partial charge in [-0.3, -0.25) is 9.69 Å². The summed E-state index contributed by atoms with van der Waals surface area (Å²) in [5, 5.41) is 11.6. The lowest BCUT2D eigenvalue weighted by Crippen LogP contribution is -2.40. The molecule has 10 nitrogen and oxygen atoms in total. The molecule has 2 aromatic heterocycles. The zero-order chi connectivity index (χ0) is 24.0. The predicted octanol–water partition coefficient (Wildman–Crippen LogP) is 2.36. The molecule has 0 fully saturated rings. The second kappa shape index (κ2) is 11.9. The fourth-order valence-corrected chi connectivity index (χ4v) is 3.16. The van der Waals surface area contributed by atoms with Gasteiger partial charge in [-0.25, -0.2) is 15.2 Å². The number of benzene rings is 1. The number of hydrogen-bond acceptors (Lipinski definition) is 8. The van der Waals surface area contributed by atoms with E-state index in [9.17, 15) is 8.78 Å². The third-order valence-electron chi connectivity index (χ3n) is 4.91. The van der Waals surface area contributed by atoms with E-state index in [2.05, 4.69) is 20.5 Å². The number of nitrogens with zero attached hydrogens (tertiary/aromatic N) is 5. The summed E-state index contributed by atoms with van der Waals surface area (Å²) in [6.07, 6.45) is 6.51. The third-order valence-corrected chi connectivity index (χ3v) is 4.91. The number of anilines is 2. The fourth-order valence-electron chi connectivity index (χ4n) is 3.16. The van der Waals surface area contributed by atoms with E-state index in [1.54, 1.807) is 36.4 Å². The molecule has 3 rings (SSSR count). The van der Waals surface area contributed by atoms with Crippen LogP contribution in [0.25, 0.3) is 11.1 Å². The number of aromatic nitrogens is 3. The summed E-state index contributed by atoms with van der Waals surface area (Å²) < 4.78 is 36.5. The number of nitrogens with one attached hydrogen (secondary N) is 1. The molecule has 7 N–H and O–H groups in total. The minimum atomic E-state index is -1.21. The van der Waals surface area contributed by atoms with Crippen LogP contribution in [0.1, 0.15) is 25.8 Å². The average Bonchev–Trinajstić information content (AvgIpc) is 3.24. The van der Waals surface area contributed by atoms with Crippen molar-refractivity contribution in [2.24, 2.45) is 23.8 Å². The number of halogens is 2. The zero-order valence-corrected chi connectivity index (χ0v) is 18.4. The molecule has 0 bridgehead atoms. The lowest BCUT2D eigenvalue weighted by Gasteiger charge is -2.22. The molecule has 184 valence electrons. The van der Waals surface area contributed by atoms with Crippen molar-refractivity contribution in [1.29, 1.82) is 0 Å². The van der Waals surface area contributed by atoms with Gasteiger partial charge in [-0.05, 0) is 44.6 Å². The van der Waals surface area contributed by atoms with Gasteiger partial charge in [0, 0.05) is 30.6 Å². The molecular weight excluding hydrogens is 444 g/mol. The van der Waals surface area contributed by atoms with Crippen molar-refractivity contribution in [3.8, 4) is 16.9 Å². The number of amidine groups is 1. The summed E-state index contributed by atoms with van der Waals surface area (Å²) in [7, 11) is 3.61. The number of unbranched alkanes of at least 4 members (excludes halogenated alkanes) is 1. The zero-order valence-electron chi connectivity index (χ0n) is 18.4. The minimum Gasteiger partial charge on any atom is -0.490 e. The SMILES string of the molecule is C.CNCCCCOc1ccc(N(N)/C(=N\N)c2cc(-c3cnn(C)c3)cnc2N)c(F)c1F. The summed E-state index contributed by atoms with van der Waals surface area (Å²) in [6.45, 7) is 1.06. The van der Waals surface area contributed by atoms with E-state index < -0.39 is 11.6 Å². The molecular formula is C22H31F2N9O. The Bertz CT molecular complexity index is 1130. The molecule has 0 saturated heterocycles. The normalized spacial score (nSPS) is 11.3. The van der Waals surface area contributed by atoms with E-state index in [-0.39, 0.29) is 42.7 Å². The summed E-state index contributed by atoms with van der Waals surface area (Å²) in [4.78, 5) is 4.15. The summed E-state index contributed by atoms with van der Waals surface area (Å²) in [6, 6.07) is 4.22. The van der Waals surface area contributed by atoms with Crippen molar-refractivity contribution in [2.45, 2.75) is 20.3 Å². The Morgan fingerprint density at radius 1 is 1.21 bits per heavy atom. The van der Waals surface area contributed by atoms with Crippen LogP contribution in [0.15, 0.2) is 41.9 Å². The molecule has 1 aromatic carbocycles. The van der Waals surface area contributed by atoms with Crippen molar-refractivity contribution in [1.82, 2.24) is 20.1 Å². The molecule has 0 unspecified atom stereocenters. The molecule has 0 amide bonds. The molecule has 34 heavy (non-hydrogen) atoms. The topological polar surface area (TPSA) is 146 Å². The highest BCUT2D eigenvalue weighted by molar-refractivity contribution is 6.12. The van der Waals surface area contributed by atoms with Gasteiger partial charge in [-0.15, -0.1) is 0 Å². The summed E-state index contributed by atoms with van der Waals surface area (Å²) in [5.41, 5.74) is 7.37. The standard InChI is InChI=1S/C21H27F2N9O.CH4/c1-27-7-3-4-8-33-17-6-5-16(18(22)19(17)23)32(26)21(30-25)15-9-13(10-28-20(15)24)14-11-29-31(2)12-14;/h5-6,9-12,27H,3-4,7-8,25-26H2,1-2H3,(H2,24,28);1H4/b30-21-;. The predicted molar refractivity (Wildman–Crippen MR) is 130 cm³/mol. The van der Waals surface area contributed by atoms with Gasteiger partial charge in [0.1, 0.15) is 5.82 Å². The molecule has 2 heterocycles. The van der Waals surface area contributed by atoms with Crippen LogP contribution in [0.4, 0.5) is 20.3 Å². The van der Waals surface area contributed by atoms with Gasteiger partial charge in [0.2, 0.25) is 5.82 Å². The van der Waals surface area contributed by atoms with E-state index in [1.807, 2.05) is 7.05 Å². The smallest absolute Gasteiger partial charge is 0.202 e. The number of hydrazone groups is 1. The molecule has 0 aliphatic carbocycles. The number of ether oxygens (including phenoxy) is 1. The largest absolute Gasteiger partial charge is 0.490 e. The van der Waals surface area contributed by atoms with Crippen LogP contribution in [0.3, 0.4) is 0 Å². The molecule has 3 aromatic rings. The van der Waals surface area contributed by atoms with Crippen LogP contribution in [0, 0.1) is 11.6 Å². The van der Waals surface area contributed by atoms with Gasteiger partial charge in [0.15, 0.2) is 17.4 Å². The number of nitrogen functional groups attached to an aromatic ring is 1. The Morgan fingerprint density at radius 3 is 2.62 bits per heavy atom. The first kappa shape index (κ1) is 26.5. The van der Waals surface area contributed by atoms with Crippen LogP contribution in [0.2, 0.25) is 0 Å². The Labute approximate surface area is 197 Å². The van der Waals surface area contributed by atoms with E-state index in [0.717, 1.165) is 23.5 Å². The van der Waals surface area contributed by atoms with Gasteiger partial charge in [-0.2, -0.15) is 14.6 Å². The maximum Gasteiger partial charge on any atom is 0.202 e. The van der Waals surface area contributed by atoms with E-state index in [0.29, 0.717) is 12.0 Å². The molecule has 0 saturated carbocycles. The number of nitrogens with two attached hydrogens (primary N) is 3. The van der Waals surface area contributed by atoms with Gasteiger partial charge in [0.25, 0.3) is 0 Å². The molecule has 12 heteroatoms. The third kappa shape index (κ3) is 5.77. The summed E-state index contributed by atoms with van der Waals surface area (Å²) >= 11 is 0. The van der Waals surface area contributed by atoms with Crippen LogP contribution >= 0.6 is 0 Å². The van der Waals surface area contributed by atoms with Crippen molar-refractivity contribution in [3.63, 3.8) is 0 Å². The summed E-state index contributed by atoms with van der Waals surface area (Å²) in [5.74, 6) is 9.01. The highest BCUT2D eigenvalue weighted by atomic mass is 19.2. The van der Waals surface area contributed by atoms with E-state index in [1.165, 1.54) is 12.1 Å². The Balaban J connectivity index is 0.00000408. The monoisotopic (exact) mass is 475 g/mol. The van der Waals surface area contributed by atoms with Crippen LogP contribution < -0.4 is 32.5 Å². The van der Waals surface area contributed by atoms with Crippen molar-refractivity contribution in [3.05, 3.63) is 54.0 Å². The first-order valence-corrected chi connectivity index (χ1v) is 10.2. The average molecular weight is 476 g/mol. The van der Waals surface area contributed by atoms with Crippen LogP contribution in [-0.4, -0.2) is 40.8 Å². The number of aryl methyl sites for hydroxylation is 1. The van der Waals surface area contributed by atoms with Crippen molar-refractivity contribution in [2.75, 3.05) is 30.9 Å². The fraction of sp³-hybridized carbons (Fsp3) is 0.318. The maximum atomic E-state index is 14.9. The molecule has 0 radical (unpaired) electrons. The number of hydrogen-bond donors (Lipinski definition) is 4. The van der Waals surface area contributed by atoms with Crippen LogP contribution in [-0.2, 0) is 7.05 Å². The Kier molecular flexibility index (Phi) is 9.27. The van der Waals surface area contributed by atoms with Crippen LogP contribution in [0.5, 0.6) is 5.75 Å². The number of rotatable bonds is 9. The quantitative estimate of drug-likeness (QED) is 0.121. The number of pyridine rings is 1. The Hall–Kier alpha value is -3.77. The number of hydrazine groups is 1. The highest BCUT2D eigenvalue weighted by Crippen LogP contribution is 2.30. The minimum absolute atomic E-state index is 0. The second-order valence-electron chi connectivity index (χ2n) is 7.25. The molecule has 0 atom stereocenters. The van der Waals surface area contributed by atoms with E-state index >= 15 is 0 Å². The van der Waals surface area contributed by atoms with E-state index in [4.69, 9.17) is 22.2 Å². The van der Waals surface area contributed by atoms with Gasteiger partial charge < -0.3 is 21.6 Å². The van der Waals surface area contributed by atoms with Gasteiger partial charge in [0.05, 0.1) is 24.1 Å². The first-order valence-electron chi connectivity index (χ1n) is 10.2. The molecule has 0 aliphatic heterocycles. The lowest BCUT2D eigenvalue weighted by atomic mass is 10.1. The maximum absolute atomic E-state index is 14.9. The molecule has 0 spiro atoms. The lowest BCUT2D eigenvalue weighted by molar-refractivity contribution is 0.286. The van der Waals surface area contributed by atoms with Crippen molar-refractivity contribution >= 4 is 17.3 Å². The Morgan fingerprint density at radius 2 is 1.97 bits per heavy atom. The first-order chi connectivity index (χ1) is 15.9.